The van der Waals surface area contributed by atoms with Gasteiger partial charge >= 0.3 is 0 Å². The number of nitrogens with one attached hydrogen (secondary N) is 1. The molecule has 1 fully saturated rings. The lowest BCUT2D eigenvalue weighted by Gasteiger charge is -2.33. The van der Waals surface area contributed by atoms with Crippen LogP contribution in [0.1, 0.15) is 11.4 Å². The van der Waals surface area contributed by atoms with Gasteiger partial charge in [0, 0.05) is 32.2 Å². The van der Waals surface area contributed by atoms with Crippen LogP contribution in [-0.4, -0.2) is 53.0 Å². The Bertz CT molecular complexity index is 1100. The minimum Gasteiger partial charge on any atom is -0.363 e. The first-order chi connectivity index (χ1) is 14.0. The van der Waals surface area contributed by atoms with Crippen LogP contribution < -0.4 is 4.90 Å². The summed E-state index contributed by atoms with van der Waals surface area (Å²) < 4.78 is 0. The Balaban J connectivity index is 1.69. The summed E-state index contributed by atoms with van der Waals surface area (Å²) in [5.41, 5.74) is 3.17. The molecular formula is C21H20N6O2. The van der Waals surface area contributed by atoms with E-state index in [1.165, 1.54) is 6.07 Å². The number of allylic oxidation sites excluding steroid dienone is 1. The number of hydrogen-bond acceptors (Lipinski definition) is 6. The van der Waals surface area contributed by atoms with Crippen molar-refractivity contribution in [2.75, 3.05) is 38.1 Å². The Labute approximate surface area is 167 Å². The highest BCUT2D eigenvalue weighted by Gasteiger charge is 2.23. The van der Waals surface area contributed by atoms with Gasteiger partial charge in [0.2, 0.25) is 0 Å². The second-order valence-corrected chi connectivity index (χ2v) is 7.07. The van der Waals surface area contributed by atoms with Gasteiger partial charge < -0.3 is 14.8 Å². The highest BCUT2D eigenvalue weighted by Crippen LogP contribution is 2.31. The van der Waals surface area contributed by atoms with Gasteiger partial charge in [0.1, 0.15) is 17.6 Å². The number of likely N-dealkylation sites (N-methyl/N-ethyl adjacent to an activating group) is 1. The Morgan fingerprint density at radius 3 is 2.69 bits per heavy atom. The van der Waals surface area contributed by atoms with Crippen LogP contribution in [0.3, 0.4) is 0 Å². The van der Waals surface area contributed by atoms with E-state index < -0.39 is 0 Å². The SMILES string of the molecule is CN1CCN(c2ccc(/C=C(/C#N)c3nc4ccccc4[nH]3)cc2[N+](=O)[O-])CC1. The fraction of sp³-hybridized carbons (Fsp3) is 0.238. The van der Waals surface area contributed by atoms with E-state index in [9.17, 15) is 15.4 Å². The van der Waals surface area contributed by atoms with Gasteiger partial charge in [0.15, 0.2) is 0 Å². The molecule has 0 unspecified atom stereocenters. The van der Waals surface area contributed by atoms with Gasteiger partial charge in [0.05, 0.1) is 21.5 Å². The summed E-state index contributed by atoms with van der Waals surface area (Å²) in [6.07, 6.45) is 1.62. The second-order valence-electron chi connectivity index (χ2n) is 7.07. The average molecular weight is 388 g/mol. The molecule has 0 atom stereocenters. The first-order valence-electron chi connectivity index (χ1n) is 9.34. The molecule has 1 aromatic heterocycles. The van der Waals surface area contributed by atoms with Crippen molar-refractivity contribution in [3.05, 3.63) is 64.0 Å². The van der Waals surface area contributed by atoms with Crippen molar-refractivity contribution in [3.8, 4) is 6.07 Å². The van der Waals surface area contributed by atoms with Crippen molar-refractivity contribution in [3.63, 3.8) is 0 Å². The second kappa shape index (κ2) is 7.73. The number of nitro benzene ring substituents is 1. The zero-order chi connectivity index (χ0) is 20.4. The summed E-state index contributed by atoms with van der Waals surface area (Å²) in [5.74, 6) is 0.444. The van der Waals surface area contributed by atoms with E-state index in [1.54, 1.807) is 18.2 Å². The first kappa shape index (κ1) is 18.7. The molecule has 29 heavy (non-hydrogen) atoms. The first-order valence-corrected chi connectivity index (χ1v) is 9.34. The third kappa shape index (κ3) is 3.81. The van der Waals surface area contributed by atoms with Crippen LogP contribution in [-0.2, 0) is 0 Å². The van der Waals surface area contributed by atoms with Crippen LogP contribution in [0.4, 0.5) is 11.4 Å². The van der Waals surface area contributed by atoms with Gasteiger partial charge in [-0.1, -0.05) is 18.2 Å². The molecule has 8 nitrogen and oxygen atoms in total. The molecule has 0 bridgehead atoms. The molecule has 3 aromatic rings. The summed E-state index contributed by atoms with van der Waals surface area (Å²) in [6, 6.07) is 14.7. The number of piperazine rings is 1. The number of aromatic nitrogens is 2. The number of anilines is 1. The average Bonchev–Trinajstić information content (AvgIpc) is 3.16. The molecule has 0 radical (unpaired) electrons. The largest absolute Gasteiger partial charge is 0.363 e. The molecule has 2 heterocycles. The molecule has 0 aliphatic carbocycles. The molecule has 0 amide bonds. The maximum absolute atomic E-state index is 11.7. The quantitative estimate of drug-likeness (QED) is 0.418. The Hall–Kier alpha value is -3.70. The number of imidazole rings is 1. The van der Waals surface area contributed by atoms with Crippen molar-refractivity contribution >= 4 is 34.1 Å². The number of nitro groups is 1. The molecule has 0 saturated carbocycles. The lowest BCUT2D eigenvalue weighted by atomic mass is 10.1. The molecule has 1 aliphatic rings. The highest BCUT2D eigenvalue weighted by atomic mass is 16.6. The summed E-state index contributed by atoms with van der Waals surface area (Å²) >= 11 is 0. The van der Waals surface area contributed by atoms with E-state index >= 15 is 0 Å². The smallest absolute Gasteiger partial charge is 0.293 e. The number of nitrogens with zero attached hydrogens (tertiary/aromatic N) is 5. The number of hydrogen-bond donors (Lipinski definition) is 1. The summed E-state index contributed by atoms with van der Waals surface area (Å²) in [6.45, 7) is 3.22. The number of nitriles is 1. The lowest BCUT2D eigenvalue weighted by molar-refractivity contribution is -0.384. The Morgan fingerprint density at radius 2 is 2.00 bits per heavy atom. The summed E-state index contributed by atoms with van der Waals surface area (Å²) in [5, 5.41) is 21.3. The number of H-pyrrole nitrogens is 1. The third-order valence-corrected chi connectivity index (χ3v) is 5.12. The predicted molar refractivity (Wildman–Crippen MR) is 112 cm³/mol. The van der Waals surface area contributed by atoms with Crippen LogP contribution in [0.15, 0.2) is 42.5 Å². The molecule has 0 spiro atoms. The number of benzene rings is 2. The van der Waals surface area contributed by atoms with E-state index in [0.717, 1.165) is 37.2 Å². The highest BCUT2D eigenvalue weighted by molar-refractivity contribution is 5.90. The van der Waals surface area contributed by atoms with Crippen LogP contribution in [0.25, 0.3) is 22.7 Å². The number of aromatic amines is 1. The zero-order valence-electron chi connectivity index (χ0n) is 16.0. The van der Waals surface area contributed by atoms with Crippen molar-refractivity contribution < 1.29 is 4.92 Å². The van der Waals surface area contributed by atoms with Crippen LogP contribution in [0.2, 0.25) is 0 Å². The van der Waals surface area contributed by atoms with Gasteiger partial charge in [-0.05, 0) is 36.9 Å². The molecule has 2 aromatic carbocycles. The molecule has 8 heteroatoms. The lowest BCUT2D eigenvalue weighted by Crippen LogP contribution is -2.44. The minimum atomic E-state index is -0.363. The number of para-hydroxylation sites is 2. The summed E-state index contributed by atoms with van der Waals surface area (Å²) in [4.78, 5) is 23.1. The maximum atomic E-state index is 11.7. The predicted octanol–water partition coefficient (Wildman–Crippen LogP) is 3.29. The van der Waals surface area contributed by atoms with Crippen molar-refractivity contribution in [1.29, 1.82) is 5.26 Å². The minimum absolute atomic E-state index is 0.0465. The zero-order valence-corrected chi connectivity index (χ0v) is 16.0. The number of fused-ring (bicyclic) bond motifs is 1. The molecule has 1 aliphatic heterocycles. The van der Waals surface area contributed by atoms with E-state index in [0.29, 0.717) is 22.6 Å². The molecule has 146 valence electrons. The molecular weight excluding hydrogens is 368 g/mol. The molecule has 1 saturated heterocycles. The fourth-order valence-corrected chi connectivity index (χ4v) is 3.49. The topological polar surface area (TPSA) is 102 Å². The van der Waals surface area contributed by atoms with E-state index in [4.69, 9.17) is 0 Å². The summed E-state index contributed by atoms with van der Waals surface area (Å²) in [7, 11) is 2.04. The van der Waals surface area contributed by atoms with E-state index in [2.05, 4.69) is 20.9 Å². The van der Waals surface area contributed by atoms with Crippen LogP contribution in [0.5, 0.6) is 0 Å². The Kier molecular flexibility index (Phi) is 4.97. The van der Waals surface area contributed by atoms with Crippen molar-refractivity contribution in [2.24, 2.45) is 0 Å². The maximum Gasteiger partial charge on any atom is 0.293 e. The standard InChI is InChI=1S/C21H20N6O2/c1-25-8-10-26(11-9-25)19-7-6-15(13-20(19)27(28)29)12-16(14-22)21-23-17-4-2-3-5-18(17)24-21/h2-7,12-13H,8-11H2,1H3,(H,23,24)/b16-12-. The Morgan fingerprint density at radius 1 is 1.24 bits per heavy atom. The number of rotatable bonds is 4. The van der Waals surface area contributed by atoms with Crippen LogP contribution >= 0.6 is 0 Å². The fourth-order valence-electron chi connectivity index (χ4n) is 3.49. The molecule has 1 N–H and O–H groups in total. The van der Waals surface area contributed by atoms with E-state index in [-0.39, 0.29) is 10.6 Å². The monoisotopic (exact) mass is 388 g/mol. The normalized spacial score (nSPS) is 15.4. The van der Waals surface area contributed by atoms with E-state index in [1.807, 2.05) is 36.2 Å². The van der Waals surface area contributed by atoms with Gasteiger partial charge in [-0.2, -0.15) is 5.26 Å². The van der Waals surface area contributed by atoms with Crippen molar-refractivity contribution in [2.45, 2.75) is 0 Å². The van der Waals surface area contributed by atoms with Crippen LogP contribution in [0, 0.1) is 21.4 Å². The van der Waals surface area contributed by atoms with Gasteiger partial charge in [0.25, 0.3) is 5.69 Å². The third-order valence-electron chi connectivity index (χ3n) is 5.12. The van der Waals surface area contributed by atoms with Gasteiger partial charge in [-0.25, -0.2) is 4.98 Å². The van der Waals surface area contributed by atoms with Crippen molar-refractivity contribution in [1.82, 2.24) is 14.9 Å². The molecule has 4 rings (SSSR count). The van der Waals surface area contributed by atoms with Gasteiger partial charge in [-0.15, -0.1) is 0 Å². The van der Waals surface area contributed by atoms with Gasteiger partial charge in [-0.3, -0.25) is 10.1 Å².